The van der Waals surface area contributed by atoms with Crippen molar-refractivity contribution in [3.8, 4) is 10.6 Å². The van der Waals surface area contributed by atoms with Crippen LogP contribution in [0.2, 0.25) is 0 Å². The molecule has 1 aliphatic rings. The second-order valence-corrected chi connectivity index (χ2v) is 7.22. The number of amides is 1. The first kappa shape index (κ1) is 16.6. The first-order chi connectivity index (χ1) is 11.5. The Bertz CT molecular complexity index is 763. The van der Waals surface area contributed by atoms with Crippen molar-refractivity contribution in [2.75, 3.05) is 0 Å². The Balaban J connectivity index is 1.79. The number of rotatable bonds is 5. The Morgan fingerprint density at radius 1 is 1.29 bits per heavy atom. The molecule has 1 fully saturated rings. The van der Waals surface area contributed by atoms with Gasteiger partial charge in [-0.15, -0.1) is 11.3 Å². The Kier molecular flexibility index (Phi) is 4.66. The van der Waals surface area contributed by atoms with E-state index in [-0.39, 0.29) is 12.3 Å². The number of carboxylic acids is 1. The third-order valence-electron chi connectivity index (χ3n) is 4.54. The van der Waals surface area contributed by atoms with Gasteiger partial charge in [0.05, 0.1) is 12.0 Å². The summed E-state index contributed by atoms with van der Waals surface area (Å²) in [5.74, 6) is -1.16. The summed E-state index contributed by atoms with van der Waals surface area (Å²) in [6.07, 6.45) is 3.27. The molecule has 0 bridgehead atoms. The first-order valence-corrected chi connectivity index (χ1v) is 8.93. The summed E-state index contributed by atoms with van der Waals surface area (Å²) in [4.78, 5) is 28.1. The van der Waals surface area contributed by atoms with Crippen LogP contribution in [0.4, 0.5) is 0 Å². The molecular formula is C18H20N2O3S. The average molecular weight is 344 g/mol. The molecule has 0 saturated heterocycles. The molecule has 6 heteroatoms. The normalized spacial score (nSPS) is 16.0. The standard InChI is InChI=1S/C18H20N2O3S/c1-12-6-2-3-7-13(12)17-19-14(11-24-17)16(23)20-18(10-15(21)22)8-4-5-9-18/h2-3,6-7,11H,4-5,8-10H2,1H3,(H,20,23)(H,21,22). The van der Waals surface area contributed by atoms with E-state index in [1.807, 2.05) is 31.2 Å². The molecule has 1 amide bonds. The molecule has 0 aliphatic heterocycles. The molecule has 0 radical (unpaired) electrons. The predicted octanol–water partition coefficient (Wildman–Crippen LogP) is 3.64. The molecule has 1 aromatic heterocycles. The van der Waals surface area contributed by atoms with Gasteiger partial charge in [0.1, 0.15) is 10.7 Å². The van der Waals surface area contributed by atoms with Gasteiger partial charge in [0.2, 0.25) is 0 Å². The second-order valence-electron chi connectivity index (χ2n) is 6.36. The van der Waals surface area contributed by atoms with Crippen LogP contribution in [-0.2, 0) is 4.79 Å². The topological polar surface area (TPSA) is 79.3 Å². The Labute approximate surface area is 144 Å². The first-order valence-electron chi connectivity index (χ1n) is 8.05. The number of hydrogen-bond donors (Lipinski definition) is 2. The minimum absolute atomic E-state index is 0.0342. The van der Waals surface area contributed by atoms with E-state index in [0.717, 1.165) is 29.0 Å². The molecule has 1 saturated carbocycles. The summed E-state index contributed by atoms with van der Waals surface area (Å²) >= 11 is 1.43. The summed E-state index contributed by atoms with van der Waals surface area (Å²) in [7, 11) is 0. The number of benzene rings is 1. The fourth-order valence-corrected chi connectivity index (χ4v) is 4.20. The molecule has 126 valence electrons. The quantitative estimate of drug-likeness (QED) is 0.868. The second kappa shape index (κ2) is 6.73. The SMILES string of the molecule is Cc1ccccc1-c1nc(C(=O)NC2(CC(=O)O)CCCC2)cs1. The molecule has 2 aromatic rings. The maximum Gasteiger partial charge on any atom is 0.305 e. The van der Waals surface area contributed by atoms with Crippen molar-refractivity contribution >= 4 is 23.2 Å². The van der Waals surface area contributed by atoms with Gasteiger partial charge in [-0.1, -0.05) is 37.1 Å². The van der Waals surface area contributed by atoms with Crippen molar-refractivity contribution in [2.45, 2.75) is 44.6 Å². The number of carbonyl (C=O) groups excluding carboxylic acids is 1. The summed E-state index contributed by atoms with van der Waals surface area (Å²) in [6.45, 7) is 2.01. The molecule has 1 aromatic carbocycles. The summed E-state index contributed by atoms with van der Waals surface area (Å²) in [5, 5.41) is 14.6. The van der Waals surface area contributed by atoms with Crippen molar-refractivity contribution < 1.29 is 14.7 Å². The molecule has 5 nitrogen and oxygen atoms in total. The van der Waals surface area contributed by atoms with Crippen molar-refractivity contribution in [2.24, 2.45) is 0 Å². The third kappa shape index (κ3) is 3.48. The van der Waals surface area contributed by atoms with Crippen molar-refractivity contribution in [1.82, 2.24) is 10.3 Å². The monoisotopic (exact) mass is 344 g/mol. The molecule has 1 heterocycles. The number of aromatic nitrogens is 1. The predicted molar refractivity (Wildman–Crippen MR) is 93.2 cm³/mol. The number of carbonyl (C=O) groups is 2. The van der Waals surface area contributed by atoms with Gasteiger partial charge in [-0.2, -0.15) is 0 Å². The summed E-state index contributed by atoms with van der Waals surface area (Å²) in [6, 6.07) is 7.91. The van der Waals surface area contributed by atoms with Gasteiger partial charge in [-0.05, 0) is 25.3 Å². The maximum absolute atomic E-state index is 12.6. The summed E-state index contributed by atoms with van der Waals surface area (Å²) in [5.41, 5.74) is 1.85. The van der Waals surface area contributed by atoms with Crippen LogP contribution >= 0.6 is 11.3 Å². The molecule has 0 spiro atoms. The van der Waals surface area contributed by atoms with Gasteiger partial charge in [0.15, 0.2) is 0 Å². The summed E-state index contributed by atoms with van der Waals surface area (Å²) < 4.78 is 0. The lowest BCUT2D eigenvalue weighted by molar-refractivity contribution is -0.138. The van der Waals surface area contributed by atoms with Crippen molar-refractivity contribution in [1.29, 1.82) is 0 Å². The number of nitrogens with zero attached hydrogens (tertiary/aromatic N) is 1. The van der Waals surface area contributed by atoms with E-state index in [2.05, 4.69) is 10.3 Å². The highest BCUT2D eigenvalue weighted by molar-refractivity contribution is 7.13. The largest absolute Gasteiger partial charge is 0.481 e. The fraction of sp³-hybridized carbons (Fsp3) is 0.389. The van der Waals surface area contributed by atoms with E-state index in [0.29, 0.717) is 18.5 Å². The number of aliphatic carboxylic acids is 1. The average Bonchev–Trinajstić information content (AvgIpc) is 3.17. The molecule has 0 unspecified atom stereocenters. The smallest absolute Gasteiger partial charge is 0.305 e. The molecular weight excluding hydrogens is 324 g/mol. The van der Waals surface area contributed by atoms with Crippen LogP contribution < -0.4 is 5.32 Å². The Morgan fingerprint density at radius 3 is 2.67 bits per heavy atom. The van der Waals surface area contributed by atoms with Crippen molar-refractivity contribution in [3.63, 3.8) is 0 Å². The highest BCUT2D eigenvalue weighted by Crippen LogP contribution is 2.33. The van der Waals surface area contributed by atoms with Crippen LogP contribution in [0.15, 0.2) is 29.6 Å². The van der Waals surface area contributed by atoms with Crippen LogP contribution in [0, 0.1) is 6.92 Å². The van der Waals surface area contributed by atoms with E-state index >= 15 is 0 Å². The third-order valence-corrected chi connectivity index (χ3v) is 5.42. The zero-order valence-electron chi connectivity index (χ0n) is 13.5. The molecule has 1 aliphatic carbocycles. The van der Waals surface area contributed by atoms with Gasteiger partial charge in [0.25, 0.3) is 5.91 Å². The number of hydrogen-bond acceptors (Lipinski definition) is 4. The Morgan fingerprint density at radius 2 is 2.00 bits per heavy atom. The minimum Gasteiger partial charge on any atom is -0.481 e. The zero-order chi connectivity index (χ0) is 17.2. The highest BCUT2D eigenvalue weighted by atomic mass is 32.1. The number of carboxylic acid groups (broad SMARTS) is 1. The molecule has 3 rings (SSSR count). The van der Waals surface area contributed by atoms with E-state index in [4.69, 9.17) is 5.11 Å². The van der Waals surface area contributed by atoms with Crippen molar-refractivity contribution in [3.05, 3.63) is 40.9 Å². The fourth-order valence-electron chi connectivity index (χ4n) is 3.31. The van der Waals surface area contributed by atoms with Gasteiger partial charge >= 0.3 is 5.97 Å². The van der Waals surface area contributed by atoms with Gasteiger partial charge in [0, 0.05) is 10.9 Å². The minimum atomic E-state index is -0.879. The maximum atomic E-state index is 12.6. The lowest BCUT2D eigenvalue weighted by Crippen LogP contribution is -2.47. The number of nitrogens with one attached hydrogen (secondary N) is 1. The van der Waals surface area contributed by atoms with E-state index in [9.17, 15) is 9.59 Å². The number of aryl methyl sites for hydroxylation is 1. The van der Waals surface area contributed by atoms with Crippen LogP contribution in [0.3, 0.4) is 0 Å². The zero-order valence-corrected chi connectivity index (χ0v) is 14.4. The highest BCUT2D eigenvalue weighted by Gasteiger charge is 2.38. The molecule has 2 N–H and O–H groups in total. The molecule has 24 heavy (non-hydrogen) atoms. The lowest BCUT2D eigenvalue weighted by Gasteiger charge is -2.28. The van der Waals surface area contributed by atoms with E-state index in [1.54, 1.807) is 5.38 Å². The number of thiazole rings is 1. The van der Waals surface area contributed by atoms with Crippen LogP contribution in [0.5, 0.6) is 0 Å². The molecule has 0 atom stereocenters. The van der Waals surface area contributed by atoms with Crippen LogP contribution in [0.1, 0.15) is 48.2 Å². The van der Waals surface area contributed by atoms with E-state index < -0.39 is 11.5 Å². The van der Waals surface area contributed by atoms with Crippen LogP contribution in [-0.4, -0.2) is 27.5 Å². The van der Waals surface area contributed by atoms with Gasteiger partial charge in [-0.3, -0.25) is 9.59 Å². The van der Waals surface area contributed by atoms with Crippen LogP contribution in [0.25, 0.3) is 10.6 Å². The Hall–Kier alpha value is -2.21. The van der Waals surface area contributed by atoms with E-state index in [1.165, 1.54) is 11.3 Å². The van der Waals surface area contributed by atoms with Gasteiger partial charge < -0.3 is 10.4 Å². The lowest BCUT2D eigenvalue weighted by atomic mass is 9.93. The van der Waals surface area contributed by atoms with Gasteiger partial charge in [-0.25, -0.2) is 4.98 Å².